The molecule has 1 atom stereocenters. The highest BCUT2D eigenvalue weighted by atomic mass is 14.3. The Morgan fingerprint density at radius 2 is 2.30 bits per heavy atom. The third-order valence-corrected chi connectivity index (χ3v) is 2.37. The van der Waals surface area contributed by atoms with Crippen LogP contribution in [0.2, 0.25) is 0 Å². The van der Waals surface area contributed by atoms with Gasteiger partial charge in [0, 0.05) is 6.42 Å². The molecule has 0 amide bonds. The summed E-state index contributed by atoms with van der Waals surface area (Å²) in [7, 11) is 0. The Morgan fingerprint density at radius 3 is 2.80 bits per heavy atom. The molecule has 0 N–H and O–H groups in total. The Bertz CT molecular complexity index is 130. The van der Waals surface area contributed by atoms with Crippen LogP contribution in [0.5, 0.6) is 0 Å². The maximum absolute atomic E-state index is 8.28. The van der Waals surface area contributed by atoms with Crippen LogP contribution in [0, 0.1) is 23.2 Å². The molecule has 1 aliphatic carbocycles. The van der Waals surface area contributed by atoms with E-state index in [1.807, 2.05) is 0 Å². The maximum Gasteiger partial charge on any atom is 0.0621 e. The largest absolute Gasteiger partial charge is 0.198 e. The van der Waals surface area contributed by atoms with Crippen LogP contribution in [0.3, 0.4) is 0 Å². The fraction of sp³-hybridized carbons (Fsp3) is 0.889. The molecule has 1 unspecified atom stereocenters. The van der Waals surface area contributed by atoms with E-state index in [4.69, 9.17) is 5.26 Å². The summed E-state index contributed by atoms with van der Waals surface area (Å²) in [6.45, 7) is 2.31. The molecule has 0 saturated heterocycles. The lowest BCUT2D eigenvalue weighted by Crippen LogP contribution is -1.95. The van der Waals surface area contributed by atoms with Gasteiger partial charge in [0.25, 0.3) is 0 Å². The van der Waals surface area contributed by atoms with Crippen molar-refractivity contribution in [3.63, 3.8) is 0 Å². The molecule has 56 valence electrons. The van der Waals surface area contributed by atoms with Gasteiger partial charge in [0.2, 0.25) is 0 Å². The Morgan fingerprint density at radius 1 is 1.60 bits per heavy atom. The minimum Gasteiger partial charge on any atom is -0.198 e. The molecule has 1 rings (SSSR count). The van der Waals surface area contributed by atoms with Crippen LogP contribution in [0.4, 0.5) is 0 Å². The Kier molecular flexibility index (Phi) is 2.74. The summed E-state index contributed by atoms with van der Waals surface area (Å²) in [5.41, 5.74) is 0. The molecule has 1 saturated carbocycles. The van der Waals surface area contributed by atoms with Crippen molar-refractivity contribution in [2.24, 2.45) is 11.8 Å². The smallest absolute Gasteiger partial charge is 0.0621 e. The summed E-state index contributed by atoms with van der Waals surface area (Å²) >= 11 is 0. The van der Waals surface area contributed by atoms with E-state index in [1.54, 1.807) is 0 Å². The lowest BCUT2D eigenvalue weighted by Gasteiger charge is -2.06. The van der Waals surface area contributed by atoms with Gasteiger partial charge in [-0.15, -0.1) is 0 Å². The molecule has 0 aromatic heterocycles. The van der Waals surface area contributed by atoms with Crippen LogP contribution in [-0.2, 0) is 0 Å². The molecular weight excluding hydrogens is 122 g/mol. The zero-order valence-corrected chi connectivity index (χ0v) is 6.64. The molecule has 0 heterocycles. The number of hydrogen-bond acceptors (Lipinski definition) is 1. The molecule has 1 fully saturated rings. The highest BCUT2D eigenvalue weighted by molar-refractivity contribution is 4.79. The molecule has 1 nitrogen and oxygen atoms in total. The van der Waals surface area contributed by atoms with Crippen molar-refractivity contribution in [2.45, 2.75) is 39.0 Å². The van der Waals surface area contributed by atoms with Crippen molar-refractivity contribution in [1.29, 1.82) is 5.26 Å². The van der Waals surface area contributed by atoms with Crippen LogP contribution in [0.1, 0.15) is 39.0 Å². The van der Waals surface area contributed by atoms with E-state index in [-0.39, 0.29) is 0 Å². The average molecular weight is 137 g/mol. The van der Waals surface area contributed by atoms with E-state index in [0.29, 0.717) is 0 Å². The van der Waals surface area contributed by atoms with Crippen molar-refractivity contribution in [1.82, 2.24) is 0 Å². The normalized spacial score (nSPS) is 20.0. The van der Waals surface area contributed by atoms with Gasteiger partial charge < -0.3 is 0 Å². The average Bonchev–Trinajstić information content (AvgIpc) is 2.69. The van der Waals surface area contributed by atoms with Crippen molar-refractivity contribution in [2.75, 3.05) is 0 Å². The van der Waals surface area contributed by atoms with Crippen LogP contribution in [0.15, 0.2) is 0 Å². The third-order valence-electron chi connectivity index (χ3n) is 2.37. The Balaban J connectivity index is 1.96. The SMILES string of the molecule is CC(CCCC#N)C1CC1. The van der Waals surface area contributed by atoms with Crippen LogP contribution in [-0.4, -0.2) is 0 Å². The second kappa shape index (κ2) is 3.61. The van der Waals surface area contributed by atoms with Crippen molar-refractivity contribution in [3.8, 4) is 6.07 Å². The Hall–Kier alpha value is -0.510. The summed E-state index contributed by atoms with van der Waals surface area (Å²) in [6, 6.07) is 2.18. The van der Waals surface area contributed by atoms with Crippen molar-refractivity contribution >= 4 is 0 Å². The van der Waals surface area contributed by atoms with Gasteiger partial charge in [-0.25, -0.2) is 0 Å². The molecule has 1 heteroatoms. The number of nitrogens with zero attached hydrogens (tertiary/aromatic N) is 1. The summed E-state index contributed by atoms with van der Waals surface area (Å²) in [5, 5.41) is 8.28. The third kappa shape index (κ3) is 2.39. The fourth-order valence-electron chi connectivity index (χ4n) is 1.40. The number of unbranched alkanes of at least 4 members (excludes halogenated alkanes) is 1. The minimum absolute atomic E-state index is 0.747. The molecule has 0 aromatic rings. The standard InChI is InChI=1S/C9H15N/c1-8(9-5-6-9)4-2-3-7-10/h8-9H,2-6H2,1H3. The van der Waals surface area contributed by atoms with Crippen molar-refractivity contribution < 1.29 is 0 Å². The fourth-order valence-corrected chi connectivity index (χ4v) is 1.40. The van der Waals surface area contributed by atoms with Gasteiger partial charge in [-0.2, -0.15) is 5.26 Å². The van der Waals surface area contributed by atoms with Gasteiger partial charge in [-0.05, 0) is 37.5 Å². The van der Waals surface area contributed by atoms with Crippen LogP contribution < -0.4 is 0 Å². The molecule has 0 bridgehead atoms. The van der Waals surface area contributed by atoms with Gasteiger partial charge in [-0.3, -0.25) is 0 Å². The van der Waals surface area contributed by atoms with E-state index in [0.717, 1.165) is 24.7 Å². The first-order chi connectivity index (χ1) is 4.84. The first-order valence-corrected chi connectivity index (χ1v) is 4.21. The quantitative estimate of drug-likeness (QED) is 0.546. The lowest BCUT2D eigenvalue weighted by atomic mass is 9.99. The summed E-state index contributed by atoms with van der Waals surface area (Å²) < 4.78 is 0. The summed E-state index contributed by atoms with van der Waals surface area (Å²) in [4.78, 5) is 0. The molecule has 0 aliphatic heterocycles. The van der Waals surface area contributed by atoms with E-state index in [2.05, 4.69) is 13.0 Å². The van der Waals surface area contributed by atoms with E-state index >= 15 is 0 Å². The summed E-state index contributed by atoms with van der Waals surface area (Å²) in [5.74, 6) is 1.90. The second-order valence-electron chi connectivity index (χ2n) is 3.37. The van der Waals surface area contributed by atoms with E-state index in [9.17, 15) is 0 Å². The minimum atomic E-state index is 0.747. The topological polar surface area (TPSA) is 23.8 Å². The first-order valence-electron chi connectivity index (χ1n) is 4.21. The van der Waals surface area contributed by atoms with Crippen LogP contribution in [0.25, 0.3) is 0 Å². The molecular formula is C9H15N. The Labute approximate surface area is 63.0 Å². The number of nitriles is 1. The number of rotatable bonds is 4. The van der Waals surface area contributed by atoms with E-state index in [1.165, 1.54) is 19.3 Å². The van der Waals surface area contributed by atoms with Crippen LogP contribution >= 0.6 is 0 Å². The van der Waals surface area contributed by atoms with E-state index < -0.39 is 0 Å². The number of hydrogen-bond donors (Lipinski definition) is 0. The van der Waals surface area contributed by atoms with Gasteiger partial charge in [-0.1, -0.05) is 6.92 Å². The van der Waals surface area contributed by atoms with Gasteiger partial charge in [0.15, 0.2) is 0 Å². The highest BCUT2D eigenvalue weighted by Crippen LogP contribution is 2.38. The second-order valence-corrected chi connectivity index (χ2v) is 3.37. The predicted molar refractivity (Wildman–Crippen MR) is 41.4 cm³/mol. The van der Waals surface area contributed by atoms with Crippen molar-refractivity contribution in [3.05, 3.63) is 0 Å². The molecule has 0 spiro atoms. The molecule has 0 radical (unpaired) electrons. The zero-order valence-electron chi connectivity index (χ0n) is 6.64. The first kappa shape index (κ1) is 7.60. The predicted octanol–water partition coefficient (Wildman–Crippen LogP) is 2.73. The molecule has 1 aliphatic rings. The summed E-state index contributed by atoms with van der Waals surface area (Å²) in [6.07, 6.45) is 5.99. The lowest BCUT2D eigenvalue weighted by molar-refractivity contribution is 0.457. The maximum atomic E-state index is 8.28. The van der Waals surface area contributed by atoms with Gasteiger partial charge in [0.05, 0.1) is 6.07 Å². The molecule has 10 heavy (non-hydrogen) atoms. The zero-order chi connectivity index (χ0) is 7.40. The monoisotopic (exact) mass is 137 g/mol. The highest BCUT2D eigenvalue weighted by Gasteiger charge is 2.26. The van der Waals surface area contributed by atoms with Gasteiger partial charge >= 0.3 is 0 Å². The molecule has 0 aromatic carbocycles. The van der Waals surface area contributed by atoms with Gasteiger partial charge in [0.1, 0.15) is 0 Å².